The van der Waals surface area contributed by atoms with Gasteiger partial charge in [-0.25, -0.2) is 0 Å². The number of likely N-dealkylation sites (tertiary alicyclic amines) is 1. The van der Waals surface area contributed by atoms with Crippen molar-refractivity contribution in [1.82, 2.24) is 15.0 Å². The molecule has 0 aliphatic carbocycles. The fourth-order valence-electron chi connectivity index (χ4n) is 3.44. The average Bonchev–Trinajstić information content (AvgIpc) is 3.24. The van der Waals surface area contributed by atoms with Gasteiger partial charge in [-0.2, -0.15) is 4.98 Å². The number of rotatable bonds is 4. The number of carbonyl (C=O) groups is 1. The van der Waals surface area contributed by atoms with Gasteiger partial charge in [0.2, 0.25) is 11.7 Å². The molecule has 0 saturated carbocycles. The van der Waals surface area contributed by atoms with E-state index in [1.165, 1.54) is 0 Å². The topological polar surface area (TPSA) is 68.5 Å². The Kier molecular flexibility index (Phi) is 5.43. The largest absolute Gasteiger partial charge is 0.497 e. The van der Waals surface area contributed by atoms with E-state index in [0.717, 1.165) is 35.0 Å². The van der Waals surface area contributed by atoms with E-state index in [1.54, 1.807) is 7.11 Å². The Balaban J connectivity index is 1.60. The van der Waals surface area contributed by atoms with Gasteiger partial charge in [0.05, 0.1) is 7.11 Å². The fraction of sp³-hybridized carbons (Fsp3) is 0.286. The van der Waals surface area contributed by atoms with Crippen molar-refractivity contribution in [3.05, 3.63) is 64.5 Å². The second kappa shape index (κ2) is 8.14. The van der Waals surface area contributed by atoms with Gasteiger partial charge in [-0.1, -0.05) is 33.2 Å². The van der Waals surface area contributed by atoms with Gasteiger partial charge in [-0.05, 0) is 55.7 Å². The molecule has 1 fully saturated rings. The molecule has 1 atom stereocenters. The Morgan fingerprint density at radius 3 is 2.82 bits per heavy atom. The molecular weight excluding hydrogens is 422 g/mol. The van der Waals surface area contributed by atoms with E-state index >= 15 is 0 Å². The maximum atomic E-state index is 13.1. The summed E-state index contributed by atoms with van der Waals surface area (Å²) in [5, 5.41) is 4.13. The molecule has 1 amide bonds. The Bertz CT molecular complexity index is 971. The summed E-state index contributed by atoms with van der Waals surface area (Å²) in [6, 6.07) is 14.7. The molecule has 0 radical (unpaired) electrons. The number of hydrogen-bond donors (Lipinski definition) is 0. The van der Waals surface area contributed by atoms with Gasteiger partial charge in [0.25, 0.3) is 5.91 Å². The van der Waals surface area contributed by atoms with E-state index in [-0.39, 0.29) is 11.9 Å². The van der Waals surface area contributed by atoms with Gasteiger partial charge in [0, 0.05) is 22.1 Å². The predicted molar refractivity (Wildman–Crippen MR) is 108 cm³/mol. The Morgan fingerprint density at radius 2 is 2.04 bits per heavy atom. The zero-order chi connectivity index (χ0) is 19.5. The molecule has 1 aliphatic heterocycles. The molecule has 2 aromatic carbocycles. The molecule has 7 heteroatoms. The van der Waals surface area contributed by atoms with Crippen LogP contribution in [0.2, 0.25) is 0 Å². The van der Waals surface area contributed by atoms with Crippen molar-refractivity contribution < 1.29 is 14.1 Å². The van der Waals surface area contributed by atoms with E-state index in [4.69, 9.17) is 9.26 Å². The highest BCUT2D eigenvalue weighted by molar-refractivity contribution is 9.10. The maximum Gasteiger partial charge on any atom is 0.254 e. The lowest BCUT2D eigenvalue weighted by Gasteiger charge is -2.33. The first-order valence-electron chi connectivity index (χ1n) is 9.20. The van der Waals surface area contributed by atoms with Gasteiger partial charge < -0.3 is 14.2 Å². The van der Waals surface area contributed by atoms with Crippen molar-refractivity contribution >= 4 is 21.8 Å². The molecule has 4 rings (SSSR count). The lowest BCUT2D eigenvalue weighted by molar-refractivity contribution is 0.0561. The van der Waals surface area contributed by atoms with Crippen molar-refractivity contribution in [3.63, 3.8) is 0 Å². The van der Waals surface area contributed by atoms with Crippen LogP contribution in [-0.2, 0) is 0 Å². The highest BCUT2D eigenvalue weighted by atomic mass is 79.9. The van der Waals surface area contributed by atoms with Crippen LogP contribution in [0.25, 0.3) is 11.4 Å². The van der Waals surface area contributed by atoms with E-state index in [9.17, 15) is 4.79 Å². The summed E-state index contributed by atoms with van der Waals surface area (Å²) in [6.45, 7) is 0.677. The number of benzene rings is 2. The molecule has 0 spiro atoms. The van der Waals surface area contributed by atoms with E-state index in [1.807, 2.05) is 53.4 Å². The fourth-order valence-corrected chi connectivity index (χ4v) is 3.70. The van der Waals surface area contributed by atoms with Crippen LogP contribution < -0.4 is 4.74 Å². The standard InChI is InChI=1S/C21H20BrN3O3/c1-27-17-6-4-5-15(13-17)19-23-20(28-24-19)18-7-2-3-12-25(18)21(26)14-8-10-16(22)11-9-14/h4-6,8-11,13,18H,2-3,7,12H2,1H3. The quantitative estimate of drug-likeness (QED) is 0.577. The second-order valence-electron chi connectivity index (χ2n) is 6.71. The number of halogens is 1. The monoisotopic (exact) mass is 441 g/mol. The minimum atomic E-state index is -0.211. The molecule has 3 aromatic rings. The highest BCUT2D eigenvalue weighted by Gasteiger charge is 2.32. The summed E-state index contributed by atoms with van der Waals surface area (Å²) in [5.74, 6) is 1.69. The van der Waals surface area contributed by atoms with Crippen molar-refractivity contribution in [3.8, 4) is 17.1 Å². The summed E-state index contributed by atoms with van der Waals surface area (Å²) >= 11 is 3.41. The van der Waals surface area contributed by atoms with Gasteiger partial charge >= 0.3 is 0 Å². The molecule has 0 bridgehead atoms. The molecule has 6 nitrogen and oxygen atoms in total. The number of carbonyl (C=O) groups excluding carboxylic acids is 1. The summed E-state index contributed by atoms with van der Waals surface area (Å²) in [7, 11) is 1.62. The third kappa shape index (κ3) is 3.80. The number of hydrogen-bond acceptors (Lipinski definition) is 5. The summed E-state index contributed by atoms with van der Waals surface area (Å²) in [6.07, 6.45) is 2.79. The molecule has 2 heterocycles. The number of piperidine rings is 1. The van der Waals surface area contributed by atoms with Crippen molar-refractivity contribution in [2.75, 3.05) is 13.7 Å². The first-order valence-corrected chi connectivity index (χ1v) is 9.99. The van der Waals surface area contributed by atoms with Crippen molar-refractivity contribution in [2.24, 2.45) is 0 Å². The number of aromatic nitrogens is 2. The zero-order valence-electron chi connectivity index (χ0n) is 15.5. The lowest BCUT2D eigenvalue weighted by atomic mass is 10.0. The summed E-state index contributed by atoms with van der Waals surface area (Å²) in [4.78, 5) is 19.5. The van der Waals surface area contributed by atoms with Crippen LogP contribution in [0.15, 0.2) is 57.5 Å². The van der Waals surface area contributed by atoms with Crippen LogP contribution in [0.3, 0.4) is 0 Å². The molecule has 1 saturated heterocycles. The molecule has 1 unspecified atom stereocenters. The SMILES string of the molecule is COc1cccc(-c2noc(C3CCCCN3C(=O)c3ccc(Br)cc3)n2)c1. The molecule has 0 N–H and O–H groups in total. The first-order chi connectivity index (χ1) is 13.7. The maximum absolute atomic E-state index is 13.1. The van der Waals surface area contributed by atoms with Gasteiger partial charge in [0.15, 0.2) is 0 Å². The van der Waals surface area contributed by atoms with E-state index in [2.05, 4.69) is 26.1 Å². The Morgan fingerprint density at radius 1 is 1.21 bits per heavy atom. The van der Waals surface area contributed by atoms with Crippen LogP contribution >= 0.6 is 15.9 Å². The number of methoxy groups -OCH3 is 1. The number of ether oxygens (including phenoxy) is 1. The normalized spacial score (nSPS) is 16.8. The van der Waals surface area contributed by atoms with Crippen LogP contribution in [0.5, 0.6) is 5.75 Å². The molecule has 1 aliphatic rings. The van der Waals surface area contributed by atoms with Gasteiger partial charge in [0.1, 0.15) is 11.8 Å². The van der Waals surface area contributed by atoms with Gasteiger partial charge in [-0.3, -0.25) is 4.79 Å². The molecule has 28 heavy (non-hydrogen) atoms. The van der Waals surface area contributed by atoms with Crippen molar-refractivity contribution in [1.29, 1.82) is 0 Å². The summed E-state index contributed by atoms with van der Waals surface area (Å²) < 4.78 is 11.8. The molecule has 144 valence electrons. The Hall–Kier alpha value is -2.67. The van der Waals surface area contributed by atoms with Crippen LogP contribution in [0.4, 0.5) is 0 Å². The van der Waals surface area contributed by atoms with Crippen LogP contribution in [0, 0.1) is 0 Å². The van der Waals surface area contributed by atoms with Gasteiger partial charge in [-0.15, -0.1) is 0 Å². The minimum Gasteiger partial charge on any atom is -0.497 e. The Labute approximate surface area is 171 Å². The number of nitrogens with zero attached hydrogens (tertiary/aromatic N) is 3. The third-order valence-corrected chi connectivity index (χ3v) is 5.44. The second-order valence-corrected chi connectivity index (χ2v) is 7.62. The van der Waals surface area contributed by atoms with Crippen LogP contribution in [-0.4, -0.2) is 34.6 Å². The third-order valence-electron chi connectivity index (χ3n) is 4.91. The van der Waals surface area contributed by atoms with Crippen molar-refractivity contribution in [2.45, 2.75) is 25.3 Å². The zero-order valence-corrected chi connectivity index (χ0v) is 17.1. The van der Waals surface area contributed by atoms with E-state index < -0.39 is 0 Å². The predicted octanol–water partition coefficient (Wildman–Crippen LogP) is 4.88. The minimum absolute atomic E-state index is 0.0154. The van der Waals surface area contributed by atoms with Crippen LogP contribution in [0.1, 0.15) is 41.6 Å². The van der Waals surface area contributed by atoms with E-state index in [0.29, 0.717) is 23.8 Å². The molecular formula is C21H20BrN3O3. The molecule has 1 aromatic heterocycles. The highest BCUT2D eigenvalue weighted by Crippen LogP contribution is 2.33. The number of amides is 1. The smallest absolute Gasteiger partial charge is 0.254 e. The summed E-state index contributed by atoms with van der Waals surface area (Å²) in [5.41, 5.74) is 1.47. The average molecular weight is 442 g/mol. The first kappa shape index (κ1) is 18.7. The lowest BCUT2D eigenvalue weighted by Crippen LogP contribution is -2.38.